The molecule has 4 rings (SSSR count). The Morgan fingerprint density at radius 3 is 2.21 bits per heavy atom. The Bertz CT molecular complexity index is 1110. The van der Waals surface area contributed by atoms with Crippen LogP contribution in [-0.4, -0.2) is 67.7 Å². The molecule has 0 bridgehead atoms. The Balaban J connectivity index is 1.26. The topological polar surface area (TPSA) is 90.0 Å². The van der Waals surface area contributed by atoms with Crippen molar-refractivity contribution in [2.24, 2.45) is 0 Å². The summed E-state index contributed by atoms with van der Waals surface area (Å²) < 4.78 is 14.4. The number of hydrogen-bond donors (Lipinski definition) is 1. The number of nitrogens with zero attached hydrogens (tertiary/aromatic N) is 3. The third kappa shape index (κ3) is 5.08. The molecule has 34 heavy (non-hydrogen) atoms. The predicted octanol–water partition coefficient (Wildman–Crippen LogP) is 2.23. The fraction of sp³-hybridized carbons (Fsp3) is 0.360. The highest BCUT2D eigenvalue weighted by Gasteiger charge is 2.24. The zero-order chi connectivity index (χ0) is 24.2. The highest BCUT2D eigenvalue weighted by molar-refractivity contribution is 5.98. The molecular weight excluding hydrogens is 439 g/mol. The molecule has 2 heterocycles. The fourth-order valence-corrected chi connectivity index (χ4v) is 4.26. The van der Waals surface area contributed by atoms with Crippen LogP contribution in [0.25, 0.3) is 0 Å². The smallest absolute Gasteiger partial charge is 0.251 e. The Morgan fingerprint density at radius 1 is 0.941 bits per heavy atom. The number of rotatable bonds is 6. The fourth-order valence-electron chi connectivity index (χ4n) is 4.26. The number of amides is 3. The van der Waals surface area contributed by atoms with Gasteiger partial charge in [-0.1, -0.05) is 0 Å². The molecular formula is C25H27FN4O4. The van der Waals surface area contributed by atoms with Gasteiger partial charge >= 0.3 is 0 Å². The van der Waals surface area contributed by atoms with Gasteiger partial charge in [0.15, 0.2) is 5.78 Å². The van der Waals surface area contributed by atoms with Crippen LogP contribution in [-0.2, 0) is 9.59 Å². The minimum atomic E-state index is -0.458. The van der Waals surface area contributed by atoms with Crippen LogP contribution in [0, 0.1) is 5.82 Å². The minimum absolute atomic E-state index is 0.0821. The van der Waals surface area contributed by atoms with Gasteiger partial charge in [-0.3, -0.25) is 19.2 Å². The van der Waals surface area contributed by atoms with Crippen LogP contribution in [0.3, 0.4) is 0 Å². The molecule has 2 aliphatic heterocycles. The molecule has 178 valence electrons. The van der Waals surface area contributed by atoms with Crippen molar-refractivity contribution in [1.29, 1.82) is 0 Å². The largest absolute Gasteiger partial charge is 0.366 e. The number of carbonyl (C=O) groups is 4. The molecule has 2 fully saturated rings. The van der Waals surface area contributed by atoms with Crippen molar-refractivity contribution in [3.8, 4) is 0 Å². The summed E-state index contributed by atoms with van der Waals surface area (Å²) in [6.07, 6.45) is 1.37. The highest BCUT2D eigenvalue weighted by atomic mass is 19.1. The van der Waals surface area contributed by atoms with Crippen LogP contribution in [0.2, 0.25) is 0 Å². The number of nitrogens with one attached hydrogen (secondary N) is 1. The first kappa shape index (κ1) is 23.4. The zero-order valence-electron chi connectivity index (χ0n) is 19.1. The van der Waals surface area contributed by atoms with E-state index in [4.69, 9.17) is 0 Å². The number of piperazine rings is 1. The molecule has 2 aliphatic rings. The van der Waals surface area contributed by atoms with Gasteiger partial charge in [0.2, 0.25) is 11.8 Å². The normalized spacial score (nSPS) is 16.1. The average Bonchev–Trinajstić information content (AvgIpc) is 3.28. The van der Waals surface area contributed by atoms with Gasteiger partial charge in [-0.25, -0.2) is 4.39 Å². The predicted molar refractivity (Wildman–Crippen MR) is 126 cm³/mol. The minimum Gasteiger partial charge on any atom is -0.366 e. The number of carbonyl (C=O) groups excluding carboxylic acids is 4. The van der Waals surface area contributed by atoms with E-state index < -0.39 is 5.82 Å². The van der Waals surface area contributed by atoms with Crippen molar-refractivity contribution in [3.05, 3.63) is 59.4 Å². The summed E-state index contributed by atoms with van der Waals surface area (Å²) in [4.78, 5) is 53.5. The van der Waals surface area contributed by atoms with E-state index in [1.54, 1.807) is 46.2 Å². The van der Waals surface area contributed by atoms with Gasteiger partial charge in [0.25, 0.3) is 5.91 Å². The SMILES string of the molecule is CC(=O)c1ccc(N2CCN(C(=O)CNC(=O)c3ccc(N4CCCC4=O)cc3)CC2)c(F)c1. The molecule has 0 spiro atoms. The summed E-state index contributed by atoms with van der Waals surface area (Å²) in [5.74, 6) is -1.14. The van der Waals surface area contributed by atoms with Gasteiger partial charge in [-0.15, -0.1) is 0 Å². The number of halogens is 1. The first-order valence-electron chi connectivity index (χ1n) is 11.4. The molecule has 3 amide bonds. The first-order valence-corrected chi connectivity index (χ1v) is 11.4. The molecule has 1 N–H and O–H groups in total. The Hall–Kier alpha value is -3.75. The van der Waals surface area contributed by atoms with Crippen molar-refractivity contribution < 1.29 is 23.6 Å². The summed E-state index contributed by atoms with van der Waals surface area (Å²) in [6, 6.07) is 11.2. The van der Waals surface area contributed by atoms with Crippen LogP contribution in [0.5, 0.6) is 0 Å². The Labute approximate surface area is 197 Å². The molecule has 8 nitrogen and oxygen atoms in total. The van der Waals surface area contributed by atoms with Crippen LogP contribution < -0.4 is 15.1 Å². The lowest BCUT2D eigenvalue weighted by atomic mass is 10.1. The van der Waals surface area contributed by atoms with Gasteiger partial charge in [-0.2, -0.15) is 0 Å². The summed E-state index contributed by atoms with van der Waals surface area (Å²) in [6.45, 7) is 3.65. The van der Waals surface area contributed by atoms with Crippen LogP contribution >= 0.6 is 0 Å². The maximum absolute atomic E-state index is 14.4. The molecule has 0 radical (unpaired) electrons. The lowest BCUT2D eigenvalue weighted by Gasteiger charge is -2.36. The lowest BCUT2D eigenvalue weighted by molar-refractivity contribution is -0.130. The lowest BCUT2D eigenvalue weighted by Crippen LogP contribution is -2.51. The van der Waals surface area contributed by atoms with E-state index in [2.05, 4.69) is 5.32 Å². The monoisotopic (exact) mass is 466 g/mol. The van der Waals surface area contributed by atoms with Gasteiger partial charge < -0.3 is 20.0 Å². The van der Waals surface area contributed by atoms with Gasteiger partial charge in [0, 0.05) is 56.0 Å². The number of anilines is 2. The number of ketones is 1. The van der Waals surface area contributed by atoms with Crippen LogP contribution in [0.4, 0.5) is 15.8 Å². The van der Waals surface area contributed by atoms with E-state index in [1.165, 1.54) is 13.0 Å². The molecule has 2 aromatic carbocycles. The van der Waals surface area contributed by atoms with Crippen molar-refractivity contribution in [2.45, 2.75) is 19.8 Å². The quantitative estimate of drug-likeness (QED) is 0.660. The van der Waals surface area contributed by atoms with E-state index in [9.17, 15) is 23.6 Å². The second-order valence-electron chi connectivity index (χ2n) is 8.47. The second kappa shape index (κ2) is 10.0. The molecule has 9 heteroatoms. The van der Waals surface area contributed by atoms with E-state index in [0.717, 1.165) is 12.1 Å². The van der Waals surface area contributed by atoms with E-state index in [0.29, 0.717) is 56.0 Å². The van der Waals surface area contributed by atoms with E-state index in [-0.39, 0.29) is 30.0 Å². The zero-order valence-corrected chi connectivity index (χ0v) is 19.1. The van der Waals surface area contributed by atoms with Crippen molar-refractivity contribution in [2.75, 3.05) is 49.1 Å². The molecule has 0 aliphatic carbocycles. The standard InChI is InChI=1S/C25H27FN4O4/c1-17(31)19-6-9-22(21(26)15-19)28-11-13-29(14-12-28)24(33)16-27-25(34)18-4-7-20(8-5-18)30-10-2-3-23(30)32/h4-9,15H,2-3,10-14,16H2,1H3,(H,27,34). The van der Waals surface area contributed by atoms with Crippen molar-refractivity contribution in [1.82, 2.24) is 10.2 Å². The number of hydrogen-bond acceptors (Lipinski definition) is 5. The molecule has 2 saturated heterocycles. The Morgan fingerprint density at radius 2 is 1.62 bits per heavy atom. The average molecular weight is 467 g/mol. The summed E-state index contributed by atoms with van der Waals surface area (Å²) >= 11 is 0. The second-order valence-corrected chi connectivity index (χ2v) is 8.47. The molecule has 0 unspecified atom stereocenters. The summed E-state index contributed by atoms with van der Waals surface area (Å²) in [5.41, 5.74) is 1.91. The van der Waals surface area contributed by atoms with Crippen LogP contribution in [0.15, 0.2) is 42.5 Å². The third-order valence-corrected chi connectivity index (χ3v) is 6.24. The maximum Gasteiger partial charge on any atom is 0.251 e. The number of benzene rings is 2. The summed E-state index contributed by atoms with van der Waals surface area (Å²) in [7, 11) is 0. The highest BCUT2D eigenvalue weighted by Crippen LogP contribution is 2.23. The van der Waals surface area contributed by atoms with Gasteiger partial charge in [0.05, 0.1) is 12.2 Å². The molecule has 0 atom stereocenters. The van der Waals surface area contributed by atoms with E-state index in [1.807, 2.05) is 4.90 Å². The Kier molecular flexibility index (Phi) is 6.90. The summed E-state index contributed by atoms with van der Waals surface area (Å²) in [5, 5.41) is 2.65. The molecule has 0 aromatic heterocycles. The van der Waals surface area contributed by atoms with Crippen LogP contribution in [0.1, 0.15) is 40.5 Å². The van der Waals surface area contributed by atoms with Gasteiger partial charge in [0.1, 0.15) is 5.82 Å². The third-order valence-electron chi connectivity index (χ3n) is 6.24. The number of Topliss-reactive ketones (excluding diaryl/α,β-unsaturated/α-hetero) is 1. The van der Waals surface area contributed by atoms with Gasteiger partial charge in [-0.05, 0) is 55.8 Å². The molecule has 0 saturated carbocycles. The molecule has 2 aromatic rings. The first-order chi connectivity index (χ1) is 16.3. The van der Waals surface area contributed by atoms with E-state index >= 15 is 0 Å². The maximum atomic E-state index is 14.4. The van der Waals surface area contributed by atoms with Crippen molar-refractivity contribution in [3.63, 3.8) is 0 Å². The van der Waals surface area contributed by atoms with Crippen molar-refractivity contribution >= 4 is 34.9 Å².